The highest BCUT2D eigenvalue weighted by atomic mass is 35.5. The van der Waals surface area contributed by atoms with E-state index >= 15 is 0 Å². The molecule has 0 saturated carbocycles. The SMILES string of the molecule is Cc1cccc(C)c1OCCn1c([C@@H]2CC(=O)N(c3ccccc3Cl)C2)nc2ccccc21. The lowest BCUT2D eigenvalue weighted by Crippen LogP contribution is -2.25. The Bertz CT molecular complexity index is 1310. The van der Waals surface area contributed by atoms with Crippen LogP contribution in [0.2, 0.25) is 5.02 Å². The largest absolute Gasteiger partial charge is 0.491 e. The molecular formula is C27H26ClN3O2. The second kappa shape index (κ2) is 8.91. The molecule has 5 rings (SSSR count). The van der Waals surface area contributed by atoms with E-state index < -0.39 is 0 Å². The number of halogens is 1. The van der Waals surface area contributed by atoms with Gasteiger partial charge in [0.25, 0.3) is 0 Å². The summed E-state index contributed by atoms with van der Waals surface area (Å²) in [5.41, 5.74) is 5.00. The Balaban J connectivity index is 1.43. The van der Waals surface area contributed by atoms with Crippen molar-refractivity contribution >= 4 is 34.2 Å². The minimum atomic E-state index is -0.0126. The number of aryl methyl sites for hydroxylation is 2. The molecule has 0 unspecified atom stereocenters. The number of anilines is 1. The van der Waals surface area contributed by atoms with Gasteiger partial charge in [0, 0.05) is 18.9 Å². The Morgan fingerprint density at radius 2 is 1.73 bits per heavy atom. The Labute approximate surface area is 198 Å². The molecule has 5 nitrogen and oxygen atoms in total. The molecule has 1 amide bonds. The molecule has 0 radical (unpaired) electrons. The molecule has 1 atom stereocenters. The monoisotopic (exact) mass is 459 g/mol. The number of hydrogen-bond acceptors (Lipinski definition) is 3. The lowest BCUT2D eigenvalue weighted by Gasteiger charge is -2.19. The number of fused-ring (bicyclic) bond motifs is 1. The van der Waals surface area contributed by atoms with Crippen LogP contribution in [0.4, 0.5) is 5.69 Å². The summed E-state index contributed by atoms with van der Waals surface area (Å²) in [7, 11) is 0. The summed E-state index contributed by atoms with van der Waals surface area (Å²) in [6.45, 7) is 5.86. The lowest BCUT2D eigenvalue weighted by atomic mass is 10.1. The smallest absolute Gasteiger partial charge is 0.227 e. The van der Waals surface area contributed by atoms with E-state index in [1.54, 1.807) is 4.90 Å². The summed E-state index contributed by atoms with van der Waals surface area (Å²) < 4.78 is 8.40. The fourth-order valence-corrected chi connectivity index (χ4v) is 4.93. The van der Waals surface area contributed by atoms with E-state index in [4.69, 9.17) is 21.3 Å². The predicted molar refractivity (Wildman–Crippen MR) is 132 cm³/mol. The number of rotatable bonds is 6. The third kappa shape index (κ3) is 4.09. The van der Waals surface area contributed by atoms with Gasteiger partial charge in [0.05, 0.1) is 28.3 Å². The van der Waals surface area contributed by atoms with Crippen LogP contribution in [-0.4, -0.2) is 28.6 Å². The Kier molecular flexibility index (Phi) is 5.81. The van der Waals surface area contributed by atoms with Gasteiger partial charge in [-0.05, 0) is 49.2 Å². The molecule has 33 heavy (non-hydrogen) atoms. The molecule has 168 valence electrons. The van der Waals surface area contributed by atoms with E-state index in [-0.39, 0.29) is 11.8 Å². The number of aromatic nitrogens is 2. The summed E-state index contributed by atoms with van der Waals surface area (Å²) in [6, 6.07) is 21.8. The lowest BCUT2D eigenvalue weighted by molar-refractivity contribution is -0.117. The molecule has 1 aromatic heterocycles. The summed E-state index contributed by atoms with van der Waals surface area (Å²) in [6.07, 6.45) is 0.409. The number of carbonyl (C=O) groups is 1. The van der Waals surface area contributed by atoms with Gasteiger partial charge in [-0.3, -0.25) is 4.79 Å². The van der Waals surface area contributed by atoms with Gasteiger partial charge in [0.1, 0.15) is 18.2 Å². The van der Waals surface area contributed by atoms with E-state index in [0.29, 0.717) is 31.1 Å². The van der Waals surface area contributed by atoms with Crippen molar-refractivity contribution in [2.75, 3.05) is 18.1 Å². The first kappa shape index (κ1) is 21.5. The summed E-state index contributed by atoms with van der Waals surface area (Å²) in [5.74, 6) is 1.91. The molecule has 0 spiro atoms. The van der Waals surface area contributed by atoms with Crippen LogP contribution in [0.1, 0.15) is 29.3 Å². The van der Waals surface area contributed by atoms with Crippen molar-refractivity contribution in [3.05, 3.63) is 88.7 Å². The van der Waals surface area contributed by atoms with Crippen LogP contribution in [0.15, 0.2) is 66.7 Å². The van der Waals surface area contributed by atoms with E-state index in [1.165, 1.54) is 0 Å². The molecule has 0 aliphatic carbocycles. The Morgan fingerprint density at radius 3 is 2.52 bits per heavy atom. The van der Waals surface area contributed by atoms with E-state index in [2.05, 4.69) is 36.6 Å². The van der Waals surface area contributed by atoms with Gasteiger partial charge >= 0.3 is 0 Å². The molecule has 1 aliphatic heterocycles. The van der Waals surface area contributed by atoms with E-state index in [1.807, 2.05) is 48.5 Å². The maximum absolute atomic E-state index is 12.9. The molecule has 6 heteroatoms. The van der Waals surface area contributed by atoms with Crippen molar-refractivity contribution in [1.29, 1.82) is 0 Å². The Hall–Kier alpha value is -3.31. The van der Waals surface area contributed by atoms with E-state index in [0.717, 1.165) is 39.4 Å². The summed E-state index contributed by atoms with van der Waals surface area (Å²) >= 11 is 6.38. The molecule has 2 heterocycles. The van der Waals surface area contributed by atoms with Crippen LogP contribution < -0.4 is 9.64 Å². The fraction of sp³-hybridized carbons (Fsp3) is 0.259. The number of ether oxygens (including phenoxy) is 1. The highest BCUT2D eigenvalue weighted by molar-refractivity contribution is 6.33. The average Bonchev–Trinajstić information content (AvgIpc) is 3.37. The van der Waals surface area contributed by atoms with Gasteiger partial charge in [-0.2, -0.15) is 0 Å². The van der Waals surface area contributed by atoms with Gasteiger partial charge < -0.3 is 14.2 Å². The maximum atomic E-state index is 12.9. The van der Waals surface area contributed by atoms with Crippen molar-refractivity contribution < 1.29 is 9.53 Å². The van der Waals surface area contributed by atoms with Crippen LogP contribution in [0.25, 0.3) is 11.0 Å². The van der Waals surface area contributed by atoms with Gasteiger partial charge in [-0.15, -0.1) is 0 Å². The fourth-order valence-electron chi connectivity index (χ4n) is 4.69. The van der Waals surface area contributed by atoms with Gasteiger partial charge in [0.2, 0.25) is 5.91 Å². The minimum Gasteiger partial charge on any atom is -0.491 e. The van der Waals surface area contributed by atoms with Crippen LogP contribution in [0.5, 0.6) is 5.75 Å². The van der Waals surface area contributed by atoms with Crippen molar-refractivity contribution in [2.24, 2.45) is 0 Å². The normalized spacial score (nSPS) is 16.0. The number of carbonyl (C=O) groups excluding carboxylic acids is 1. The first-order chi connectivity index (χ1) is 16.0. The number of imidazole rings is 1. The molecule has 1 saturated heterocycles. The van der Waals surface area contributed by atoms with Crippen LogP contribution in [0, 0.1) is 13.8 Å². The maximum Gasteiger partial charge on any atom is 0.227 e. The average molecular weight is 460 g/mol. The first-order valence-electron chi connectivity index (χ1n) is 11.2. The molecule has 0 bridgehead atoms. The third-order valence-corrected chi connectivity index (χ3v) is 6.61. The standard InChI is InChI=1S/C27H26ClN3O2/c1-18-8-7-9-19(2)26(18)33-15-14-30-24-13-6-4-11-22(24)29-27(30)20-16-25(32)31(17-20)23-12-5-3-10-21(23)28/h3-13,20H,14-17H2,1-2H3/t20-/m1/s1. The molecule has 4 aromatic rings. The van der Waals surface area contributed by atoms with E-state index in [9.17, 15) is 4.79 Å². The highest BCUT2D eigenvalue weighted by Crippen LogP contribution is 2.36. The first-order valence-corrected chi connectivity index (χ1v) is 11.6. The second-order valence-corrected chi connectivity index (χ2v) is 8.94. The predicted octanol–water partition coefficient (Wildman–Crippen LogP) is 5.91. The quantitative estimate of drug-likeness (QED) is 0.360. The Morgan fingerprint density at radius 1 is 1.00 bits per heavy atom. The van der Waals surface area contributed by atoms with Crippen LogP contribution in [-0.2, 0) is 11.3 Å². The number of para-hydroxylation sites is 4. The zero-order valence-electron chi connectivity index (χ0n) is 18.8. The van der Waals surface area contributed by atoms with Crippen LogP contribution >= 0.6 is 11.6 Å². The van der Waals surface area contributed by atoms with Crippen molar-refractivity contribution in [1.82, 2.24) is 9.55 Å². The number of amides is 1. The number of hydrogen-bond donors (Lipinski definition) is 0. The second-order valence-electron chi connectivity index (χ2n) is 8.54. The molecule has 1 aliphatic rings. The molecule has 3 aromatic carbocycles. The third-order valence-electron chi connectivity index (χ3n) is 6.29. The summed E-state index contributed by atoms with van der Waals surface area (Å²) in [5, 5.41) is 0.585. The molecule has 1 fully saturated rings. The minimum absolute atomic E-state index is 0.0126. The zero-order chi connectivity index (χ0) is 22.9. The van der Waals surface area contributed by atoms with Crippen LogP contribution in [0.3, 0.4) is 0 Å². The van der Waals surface area contributed by atoms with Crippen molar-refractivity contribution in [3.8, 4) is 5.75 Å². The zero-order valence-corrected chi connectivity index (χ0v) is 19.5. The van der Waals surface area contributed by atoms with Gasteiger partial charge in [-0.25, -0.2) is 4.98 Å². The summed E-state index contributed by atoms with van der Waals surface area (Å²) in [4.78, 5) is 19.6. The number of nitrogens with zero attached hydrogens (tertiary/aromatic N) is 3. The van der Waals surface area contributed by atoms with Crippen molar-refractivity contribution in [3.63, 3.8) is 0 Å². The van der Waals surface area contributed by atoms with Gasteiger partial charge in [-0.1, -0.05) is 54.1 Å². The van der Waals surface area contributed by atoms with Crippen molar-refractivity contribution in [2.45, 2.75) is 32.7 Å². The molecular weight excluding hydrogens is 434 g/mol. The molecule has 0 N–H and O–H groups in total. The highest BCUT2D eigenvalue weighted by Gasteiger charge is 2.35. The van der Waals surface area contributed by atoms with Gasteiger partial charge in [0.15, 0.2) is 0 Å². The topological polar surface area (TPSA) is 47.4 Å². The number of benzene rings is 3.